The molecule has 98 valence electrons. The molecule has 5 atom stereocenters. The molecule has 0 aromatic rings. The lowest BCUT2D eigenvalue weighted by molar-refractivity contribution is -0.137. The van der Waals surface area contributed by atoms with Crippen LogP contribution in [0.15, 0.2) is 4.99 Å². The highest BCUT2D eigenvalue weighted by molar-refractivity contribution is 8.00. The van der Waals surface area contributed by atoms with Crippen molar-refractivity contribution in [1.82, 2.24) is 0 Å². The number of carboxylic acids is 1. The Bertz CT molecular complexity index is 299. The van der Waals surface area contributed by atoms with Crippen LogP contribution in [-0.2, 0) is 4.79 Å². The van der Waals surface area contributed by atoms with Gasteiger partial charge in [0.2, 0.25) is 0 Å². The van der Waals surface area contributed by atoms with E-state index in [9.17, 15) is 15.0 Å². The molecule has 0 aliphatic carbocycles. The van der Waals surface area contributed by atoms with Gasteiger partial charge >= 0.3 is 5.97 Å². The van der Waals surface area contributed by atoms with Gasteiger partial charge in [0.05, 0.1) is 18.0 Å². The third-order valence-corrected chi connectivity index (χ3v) is 3.71. The molecule has 0 saturated carbocycles. The lowest BCUT2D eigenvalue weighted by Crippen LogP contribution is -2.46. The van der Waals surface area contributed by atoms with E-state index in [0.29, 0.717) is 0 Å². The van der Waals surface area contributed by atoms with E-state index in [-0.39, 0.29) is 5.75 Å². The van der Waals surface area contributed by atoms with Gasteiger partial charge in [-0.05, 0) is 0 Å². The van der Waals surface area contributed by atoms with Crippen LogP contribution < -0.4 is 0 Å². The van der Waals surface area contributed by atoms with Gasteiger partial charge in [0.15, 0.2) is 6.04 Å². The van der Waals surface area contributed by atoms with Gasteiger partial charge in [-0.3, -0.25) is 4.99 Å². The third kappa shape index (κ3) is 3.65. The molecule has 7 nitrogen and oxygen atoms in total. The van der Waals surface area contributed by atoms with Crippen molar-refractivity contribution in [2.24, 2.45) is 4.99 Å². The van der Waals surface area contributed by atoms with E-state index in [1.54, 1.807) is 0 Å². The SMILES string of the molecule is O=C(O)[C@@H]1CS[C@H](C(O)C(O)C(O)CO)C=N1. The number of thioether (sulfide) groups is 1. The van der Waals surface area contributed by atoms with Crippen molar-refractivity contribution in [2.45, 2.75) is 29.6 Å². The van der Waals surface area contributed by atoms with Crippen LogP contribution in [0.5, 0.6) is 0 Å². The summed E-state index contributed by atoms with van der Waals surface area (Å²) in [7, 11) is 0. The number of nitrogens with zero attached hydrogens (tertiary/aromatic N) is 1. The third-order valence-electron chi connectivity index (χ3n) is 2.41. The first kappa shape index (κ1) is 14.4. The quantitative estimate of drug-likeness (QED) is 0.378. The van der Waals surface area contributed by atoms with Crippen molar-refractivity contribution in [3.8, 4) is 0 Å². The summed E-state index contributed by atoms with van der Waals surface area (Å²) in [4.78, 5) is 14.3. The molecular weight excluding hydrogens is 250 g/mol. The van der Waals surface area contributed by atoms with Crippen molar-refractivity contribution in [1.29, 1.82) is 0 Å². The van der Waals surface area contributed by atoms with Crippen LogP contribution in [0.4, 0.5) is 0 Å². The van der Waals surface area contributed by atoms with Gasteiger partial charge in [0, 0.05) is 12.0 Å². The Balaban J connectivity index is 2.58. The molecule has 0 bridgehead atoms. The van der Waals surface area contributed by atoms with Crippen LogP contribution in [0.2, 0.25) is 0 Å². The highest BCUT2D eigenvalue weighted by Crippen LogP contribution is 2.22. The Morgan fingerprint density at radius 2 is 2.12 bits per heavy atom. The normalized spacial score (nSPS) is 29.6. The summed E-state index contributed by atoms with van der Waals surface area (Å²) in [5.74, 6) is -0.854. The van der Waals surface area contributed by atoms with Crippen molar-refractivity contribution in [3.63, 3.8) is 0 Å². The first-order chi connectivity index (χ1) is 7.97. The number of aliphatic hydroxyl groups excluding tert-OH is 4. The molecule has 1 rings (SSSR count). The molecule has 0 aromatic carbocycles. The van der Waals surface area contributed by atoms with Crippen molar-refractivity contribution in [3.05, 3.63) is 0 Å². The fraction of sp³-hybridized carbons (Fsp3) is 0.778. The zero-order chi connectivity index (χ0) is 13.0. The first-order valence-electron chi connectivity index (χ1n) is 5.00. The number of aliphatic imine (C=N–C) groups is 1. The molecule has 0 saturated heterocycles. The Kier molecular flexibility index (Phi) is 5.34. The van der Waals surface area contributed by atoms with Crippen LogP contribution in [0.25, 0.3) is 0 Å². The standard InChI is InChI=1S/C9H15NO6S/c11-2-5(12)7(13)8(14)6-1-10-4(3-17-6)9(15)16/h1,4-8,11-14H,2-3H2,(H,15,16)/t4-,5?,6-,7?,8?/m0/s1. The van der Waals surface area contributed by atoms with E-state index in [1.807, 2.05) is 0 Å². The highest BCUT2D eigenvalue weighted by atomic mass is 32.2. The smallest absolute Gasteiger partial charge is 0.329 e. The number of hydrogen-bond acceptors (Lipinski definition) is 7. The topological polar surface area (TPSA) is 131 Å². The van der Waals surface area contributed by atoms with Gasteiger partial charge < -0.3 is 25.5 Å². The van der Waals surface area contributed by atoms with Crippen LogP contribution in [0.1, 0.15) is 0 Å². The van der Waals surface area contributed by atoms with E-state index in [0.717, 1.165) is 11.8 Å². The molecular formula is C9H15NO6S. The molecule has 0 fully saturated rings. The molecule has 17 heavy (non-hydrogen) atoms. The minimum Gasteiger partial charge on any atom is -0.480 e. The van der Waals surface area contributed by atoms with Crippen molar-refractivity contribution < 1.29 is 30.3 Å². The van der Waals surface area contributed by atoms with Crippen LogP contribution >= 0.6 is 11.8 Å². The molecule has 1 heterocycles. The Hall–Kier alpha value is -0.670. The second-order valence-electron chi connectivity index (χ2n) is 3.68. The zero-order valence-corrected chi connectivity index (χ0v) is 9.69. The molecule has 0 amide bonds. The molecule has 0 aromatic heterocycles. The summed E-state index contributed by atoms with van der Waals surface area (Å²) < 4.78 is 0. The number of hydrogen-bond donors (Lipinski definition) is 5. The van der Waals surface area contributed by atoms with Crippen LogP contribution in [0.3, 0.4) is 0 Å². The van der Waals surface area contributed by atoms with Crippen LogP contribution in [-0.4, -0.2) is 79.7 Å². The van der Waals surface area contributed by atoms with Gasteiger partial charge in [-0.15, -0.1) is 11.8 Å². The summed E-state index contributed by atoms with van der Waals surface area (Å²) in [6, 6.07) is -0.844. The van der Waals surface area contributed by atoms with Gasteiger partial charge in [-0.25, -0.2) is 4.79 Å². The minimum absolute atomic E-state index is 0.190. The van der Waals surface area contributed by atoms with Crippen molar-refractivity contribution in [2.75, 3.05) is 12.4 Å². The minimum atomic E-state index is -1.50. The van der Waals surface area contributed by atoms with E-state index in [2.05, 4.69) is 4.99 Å². The first-order valence-corrected chi connectivity index (χ1v) is 6.05. The fourth-order valence-electron chi connectivity index (χ4n) is 1.33. The molecule has 3 unspecified atom stereocenters. The van der Waals surface area contributed by atoms with E-state index in [1.165, 1.54) is 6.21 Å². The van der Waals surface area contributed by atoms with E-state index < -0.39 is 42.2 Å². The molecule has 8 heteroatoms. The summed E-state index contributed by atoms with van der Waals surface area (Å²) >= 11 is 1.13. The predicted octanol–water partition coefficient (Wildman–Crippen LogP) is -2.30. The fourth-order valence-corrected chi connectivity index (χ4v) is 2.48. The highest BCUT2D eigenvalue weighted by Gasteiger charge is 2.33. The monoisotopic (exact) mass is 265 g/mol. The Morgan fingerprint density at radius 3 is 2.53 bits per heavy atom. The maximum atomic E-state index is 10.6. The number of aliphatic carboxylic acids is 1. The Morgan fingerprint density at radius 1 is 1.47 bits per heavy atom. The second-order valence-corrected chi connectivity index (χ2v) is 4.89. The van der Waals surface area contributed by atoms with Crippen molar-refractivity contribution >= 4 is 23.9 Å². The lowest BCUT2D eigenvalue weighted by Gasteiger charge is -2.28. The summed E-state index contributed by atoms with van der Waals surface area (Å²) in [6.45, 7) is -0.662. The maximum Gasteiger partial charge on any atom is 0.329 e. The molecule has 0 spiro atoms. The molecule has 0 radical (unpaired) electrons. The van der Waals surface area contributed by atoms with E-state index in [4.69, 9.17) is 15.3 Å². The summed E-state index contributed by atoms with van der Waals surface area (Å²) in [5, 5.41) is 45.0. The summed E-state index contributed by atoms with van der Waals surface area (Å²) in [6.07, 6.45) is -2.98. The summed E-state index contributed by atoms with van der Waals surface area (Å²) in [5.41, 5.74) is 0. The second kappa shape index (κ2) is 6.31. The maximum absolute atomic E-state index is 10.6. The number of carboxylic acid groups (broad SMARTS) is 1. The van der Waals surface area contributed by atoms with Gasteiger partial charge in [0.1, 0.15) is 12.2 Å². The average Bonchev–Trinajstić information content (AvgIpc) is 2.36. The molecule has 5 N–H and O–H groups in total. The van der Waals surface area contributed by atoms with E-state index >= 15 is 0 Å². The number of rotatable bonds is 5. The predicted molar refractivity (Wildman–Crippen MR) is 61.3 cm³/mol. The van der Waals surface area contributed by atoms with Crippen LogP contribution in [0, 0.1) is 0 Å². The average molecular weight is 265 g/mol. The molecule has 1 aliphatic heterocycles. The number of carbonyl (C=O) groups is 1. The van der Waals surface area contributed by atoms with Gasteiger partial charge in [-0.1, -0.05) is 0 Å². The largest absolute Gasteiger partial charge is 0.480 e. The van der Waals surface area contributed by atoms with Gasteiger partial charge in [0.25, 0.3) is 0 Å². The molecule has 1 aliphatic rings. The zero-order valence-electron chi connectivity index (χ0n) is 8.88. The van der Waals surface area contributed by atoms with Gasteiger partial charge in [-0.2, -0.15) is 0 Å². The lowest BCUT2D eigenvalue weighted by atomic mass is 10.1. The Labute approximate surface area is 102 Å². The number of aliphatic hydroxyl groups is 4.